The number of benzene rings is 1. The van der Waals surface area contributed by atoms with Gasteiger partial charge in [-0.2, -0.15) is 0 Å². The van der Waals surface area contributed by atoms with Crippen molar-refractivity contribution in [2.45, 2.75) is 20.8 Å². The highest BCUT2D eigenvalue weighted by atomic mass is 16.5. The molecular formula is C17H24N2O6. The van der Waals surface area contributed by atoms with Crippen LogP contribution in [0.25, 0.3) is 0 Å². The quantitative estimate of drug-likeness (QED) is 0.716. The minimum absolute atomic E-state index is 0.0696. The van der Waals surface area contributed by atoms with E-state index in [1.165, 1.54) is 33.3 Å². The zero-order valence-corrected chi connectivity index (χ0v) is 15.2. The van der Waals surface area contributed by atoms with Gasteiger partial charge < -0.3 is 24.4 Å². The van der Waals surface area contributed by atoms with E-state index >= 15 is 0 Å². The molecule has 1 aromatic carbocycles. The fourth-order valence-corrected chi connectivity index (χ4v) is 2.21. The molecule has 0 fully saturated rings. The highest BCUT2D eigenvalue weighted by Crippen LogP contribution is 2.33. The van der Waals surface area contributed by atoms with Gasteiger partial charge in [-0.05, 0) is 13.8 Å². The minimum atomic E-state index is -0.745. The summed E-state index contributed by atoms with van der Waals surface area (Å²) in [6.45, 7) is 5.67. The Morgan fingerprint density at radius 3 is 2.08 bits per heavy atom. The Bertz CT molecular complexity index is 640. The number of esters is 1. The van der Waals surface area contributed by atoms with Crippen molar-refractivity contribution in [1.29, 1.82) is 0 Å². The van der Waals surface area contributed by atoms with Gasteiger partial charge in [0.25, 0.3) is 5.91 Å². The number of ether oxygens (including phenoxy) is 3. The minimum Gasteiger partial charge on any atom is -0.493 e. The molecule has 138 valence electrons. The van der Waals surface area contributed by atoms with Crippen LogP contribution in [0, 0.1) is 0 Å². The van der Waals surface area contributed by atoms with E-state index in [1.807, 2.05) is 13.8 Å². The van der Waals surface area contributed by atoms with E-state index in [0.29, 0.717) is 24.6 Å². The van der Waals surface area contributed by atoms with E-state index in [2.05, 4.69) is 5.32 Å². The maximum Gasteiger partial charge on any atom is 0.340 e. The molecule has 8 heteroatoms. The molecule has 8 nitrogen and oxygen atoms in total. The number of nitrogens with zero attached hydrogens (tertiary/aromatic N) is 1. The summed E-state index contributed by atoms with van der Waals surface area (Å²) in [6, 6.07) is 2.86. The molecule has 0 radical (unpaired) electrons. The van der Waals surface area contributed by atoms with Crippen molar-refractivity contribution in [3.63, 3.8) is 0 Å². The molecule has 1 aromatic rings. The fourth-order valence-electron chi connectivity index (χ4n) is 2.21. The molecule has 25 heavy (non-hydrogen) atoms. The van der Waals surface area contributed by atoms with Gasteiger partial charge in [0.05, 0.1) is 25.5 Å². The van der Waals surface area contributed by atoms with Crippen molar-refractivity contribution in [2.75, 3.05) is 39.2 Å². The molecular weight excluding hydrogens is 328 g/mol. The molecule has 0 heterocycles. The molecule has 1 rings (SSSR count). The lowest BCUT2D eigenvalue weighted by Gasteiger charge is -2.19. The second-order valence-electron chi connectivity index (χ2n) is 5.08. The summed E-state index contributed by atoms with van der Waals surface area (Å²) in [5, 5.41) is 2.54. The molecule has 0 aliphatic heterocycles. The van der Waals surface area contributed by atoms with Crippen LogP contribution in [0.5, 0.6) is 11.5 Å². The van der Waals surface area contributed by atoms with Gasteiger partial charge in [-0.1, -0.05) is 0 Å². The van der Waals surface area contributed by atoms with Gasteiger partial charge in [-0.15, -0.1) is 0 Å². The van der Waals surface area contributed by atoms with E-state index in [9.17, 15) is 14.4 Å². The van der Waals surface area contributed by atoms with E-state index in [4.69, 9.17) is 14.2 Å². The lowest BCUT2D eigenvalue weighted by Crippen LogP contribution is -2.34. The second-order valence-corrected chi connectivity index (χ2v) is 5.08. The second kappa shape index (κ2) is 9.51. The van der Waals surface area contributed by atoms with Crippen LogP contribution in [0.4, 0.5) is 5.69 Å². The van der Waals surface area contributed by atoms with Crippen molar-refractivity contribution in [3.05, 3.63) is 17.7 Å². The zero-order valence-electron chi connectivity index (χ0n) is 15.2. The van der Waals surface area contributed by atoms with E-state index in [-0.39, 0.29) is 29.7 Å². The van der Waals surface area contributed by atoms with Crippen LogP contribution in [0.1, 0.15) is 31.1 Å². The Balaban J connectivity index is 3.05. The largest absolute Gasteiger partial charge is 0.493 e. The van der Waals surface area contributed by atoms with Gasteiger partial charge in [0.1, 0.15) is 0 Å². The average Bonchev–Trinajstić information content (AvgIpc) is 2.59. The molecule has 0 spiro atoms. The molecule has 2 amide bonds. The summed E-state index contributed by atoms with van der Waals surface area (Å²) in [5.74, 6) is -0.744. The van der Waals surface area contributed by atoms with Gasteiger partial charge >= 0.3 is 5.97 Å². The van der Waals surface area contributed by atoms with Gasteiger partial charge in [0, 0.05) is 32.1 Å². The van der Waals surface area contributed by atoms with Crippen molar-refractivity contribution < 1.29 is 28.6 Å². The number of rotatable bonds is 8. The third-order valence-corrected chi connectivity index (χ3v) is 3.50. The molecule has 0 aliphatic carbocycles. The highest BCUT2D eigenvalue weighted by molar-refractivity contribution is 6.02. The van der Waals surface area contributed by atoms with Crippen LogP contribution in [-0.4, -0.2) is 56.6 Å². The lowest BCUT2D eigenvalue weighted by atomic mass is 10.1. The first-order valence-corrected chi connectivity index (χ1v) is 7.86. The lowest BCUT2D eigenvalue weighted by molar-refractivity contribution is -0.134. The standard InChI is InChI=1S/C17H24N2O6/c1-6-19(7-2)16(21)10-25-17(22)12-8-14(23-4)15(24-5)9-13(12)18-11(3)20/h8-9H,6-7,10H2,1-5H3,(H,18,20). The van der Waals surface area contributed by atoms with Gasteiger partial charge in [0.15, 0.2) is 18.1 Å². The SMILES string of the molecule is CCN(CC)C(=O)COC(=O)c1cc(OC)c(OC)cc1NC(C)=O. The normalized spacial score (nSPS) is 9.96. The molecule has 0 aromatic heterocycles. The number of carbonyl (C=O) groups is 3. The van der Waals surface area contributed by atoms with Crippen LogP contribution in [0.2, 0.25) is 0 Å². The summed E-state index contributed by atoms with van der Waals surface area (Å²) in [6.07, 6.45) is 0. The number of amides is 2. The van der Waals surface area contributed by atoms with Crippen LogP contribution >= 0.6 is 0 Å². The van der Waals surface area contributed by atoms with E-state index in [1.54, 1.807) is 4.90 Å². The number of anilines is 1. The smallest absolute Gasteiger partial charge is 0.340 e. The zero-order chi connectivity index (χ0) is 19.0. The number of nitrogens with one attached hydrogen (secondary N) is 1. The Morgan fingerprint density at radius 1 is 1.04 bits per heavy atom. The fraction of sp³-hybridized carbons (Fsp3) is 0.471. The van der Waals surface area contributed by atoms with Gasteiger partial charge in [-0.25, -0.2) is 4.79 Å². The van der Waals surface area contributed by atoms with Crippen molar-refractivity contribution in [1.82, 2.24) is 4.90 Å². The first kappa shape index (κ1) is 20.3. The van der Waals surface area contributed by atoms with E-state index < -0.39 is 5.97 Å². The molecule has 0 atom stereocenters. The third kappa shape index (κ3) is 5.37. The van der Waals surface area contributed by atoms with Gasteiger partial charge in [-0.3, -0.25) is 9.59 Å². The Morgan fingerprint density at radius 2 is 1.60 bits per heavy atom. The third-order valence-electron chi connectivity index (χ3n) is 3.50. The Hall–Kier alpha value is -2.77. The van der Waals surface area contributed by atoms with Crippen molar-refractivity contribution in [2.24, 2.45) is 0 Å². The topological polar surface area (TPSA) is 94.2 Å². The van der Waals surface area contributed by atoms with Crippen molar-refractivity contribution >= 4 is 23.5 Å². The maximum atomic E-state index is 12.4. The number of hydrogen-bond acceptors (Lipinski definition) is 6. The molecule has 1 N–H and O–H groups in total. The number of carbonyl (C=O) groups excluding carboxylic acids is 3. The predicted octanol–water partition coefficient (Wildman–Crippen LogP) is 1.69. The number of hydrogen-bond donors (Lipinski definition) is 1. The van der Waals surface area contributed by atoms with Crippen LogP contribution in [0.15, 0.2) is 12.1 Å². The highest BCUT2D eigenvalue weighted by Gasteiger charge is 2.20. The summed E-state index contributed by atoms with van der Waals surface area (Å²) >= 11 is 0. The molecule has 0 unspecified atom stereocenters. The molecule has 0 aliphatic rings. The summed E-state index contributed by atoms with van der Waals surface area (Å²) < 4.78 is 15.4. The summed E-state index contributed by atoms with van der Waals surface area (Å²) in [7, 11) is 2.87. The monoisotopic (exact) mass is 352 g/mol. The molecule has 0 bridgehead atoms. The number of methoxy groups -OCH3 is 2. The maximum absolute atomic E-state index is 12.4. The summed E-state index contributed by atoms with van der Waals surface area (Å²) in [5.41, 5.74) is 0.283. The molecule has 0 saturated carbocycles. The van der Waals surface area contributed by atoms with Crippen LogP contribution in [-0.2, 0) is 14.3 Å². The first-order valence-electron chi connectivity index (χ1n) is 7.86. The summed E-state index contributed by atoms with van der Waals surface area (Å²) in [4.78, 5) is 37.3. The Labute approximate surface area is 147 Å². The molecule has 0 saturated heterocycles. The van der Waals surface area contributed by atoms with Crippen LogP contribution in [0.3, 0.4) is 0 Å². The first-order chi connectivity index (χ1) is 11.9. The van der Waals surface area contributed by atoms with Gasteiger partial charge in [0.2, 0.25) is 5.91 Å². The Kier molecular flexibility index (Phi) is 7.71. The van der Waals surface area contributed by atoms with Crippen LogP contribution < -0.4 is 14.8 Å². The van der Waals surface area contributed by atoms with E-state index in [0.717, 1.165) is 0 Å². The van der Waals surface area contributed by atoms with Crippen molar-refractivity contribution in [3.8, 4) is 11.5 Å². The average molecular weight is 352 g/mol. The predicted molar refractivity (Wildman–Crippen MR) is 92.1 cm³/mol. The number of likely N-dealkylation sites (N-methyl/N-ethyl adjacent to an activating group) is 1.